The van der Waals surface area contributed by atoms with Gasteiger partial charge in [-0.3, -0.25) is 15.0 Å². The standard InChI is InChI=1S/C22H32N2.C6H7N/c1(3-5-7-9-11-21-13-17-23-18-14-21)2-4-6-8-10-12-22-15-19-24-20-16-22;1-6-2-4-7-5-3-6/h13-20H,1-12H2;2-5H,1H3. The molecule has 3 aromatic rings. The zero-order valence-electron chi connectivity index (χ0n) is 19.3. The first kappa shape index (κ1) is 24.7. The monoisotopic (exact) mass is 417 g/mol. The first-order valence-electron chi connectivity index (χ1n) is 12.0. The van der Waals surface area contributed by atoms with Crippen molar-refractivity contribution in [2.24, 2.45) is 0 Å². The minimum Gasteiger partial charge on any atom is -0.265 e. The van der Waals surface area contributed by atoms with Crippen molar-refractivity contribution in [3.05, 3.63) is 90.3 Å². The Hall–Kier alpha value is -2.55. The molecule has 0 fully saturated rings. The molecule has 31 heavy (non-hydrogen) atoms. The molecule has 0 radical (unpaired) electrons. The third-order valence-corrected chi connectivity index (χ3v) is 5.53. The van der Waals surface area contributed by atoms with Crippen LogP contribution >= 0.6 is 0 Å². The Morgan fingerprint density at radius 3 is 1.00 bits per heavy atom. The van der Waals surface area contributed by atoms with Crippen LogP contribution in [0.15, 0.2) is 73.6 Å². The van der Waals surface area contributed by atoms with Crippen LogP contribution in [0.1, 0.15) is 80.9 Å². The molecule has 3 heterocycles. The van der Waals surface area contributed by atoms with Crippen LogP contribution in [0.4, 0.5) is 0 Å². The molecule has 0 unspecified atom stereocenters. The van der Waals surface area contributed by atoms with E-state index in [9.17, 15) is 0 Å². The fourth-order valence-corrected chi connectivity index (χ4v) is 3.60. The van der Waals surface area contributed by atoms with Crippen molar-refractivity contribution in [1.29, 1.82) is 0 Å². The summed E-state index contributed by atoms with van der Waals surface area (Å²) in [5.41, 5.74) is 4.11. The number of pyridine rings is 3. The predicted molar refractivity (Wildman–Crippen MR) is 131 cm³/mol. The summed E-state index contributed by atoms with van der Waals surface area (Å²) < 4.78 is 0. The lowest BCUT2D eigenvalue weighted by atomic mass is 10.0. The molecule has 0 aliphatic rings. The molecule has 0 spiro atoms. The Balaban J connectivity index is 0.000000412. The molecule has 0 atom stereocenters. The molecule has 0 aromatic carbocycles. The number of aryl methyl sites for hydroxylation is 3. The van der Waals surface area contributed by atoms with E-state index < -0.39 is 0 Å². The smallest absolute Gasteiger partial charge is 0.0270 e. The lowest BCUT2D eigenvalue weighted by molar-refractivity contribution is 0.551. The van der Waals surface area contributed by atoms with E-state index in [1.807, 2.05) is 43.8 Å². The molecule has 0 saturated carbocycles. The van der Waals surface area contributed by atoms with Crippen LogP contribution < -0.4 is 0 Å². The third-order valence-electron chi connectivity index (χ3n) is 5.53. The molecule has 3 aromatic heterocycles. The van der Waals surface area contributed by atoms with Gasteiger partial charge in [0, 0.05) is 37.2 Å². The van der Waals surface area contributed by atoms with Gasteiger partial charge in [0.25, 0.3) is 0 Å². The normalized spacial score (nSPS) is 10.4. The Morgan fingerprint density at radius 2 is 0.710 bits per heavy atom. The molecule has 0 aliphatic carbocycles. The van der Waals surface area contributed by atoms with Gasteiger partial charge in [-0.15, -0.1) is 0 Å². The third kappa shape index (κ3) is 13.4. The lowest BCUT2D eigenvalue weighted by Crippen LogP contribution is -1.87. The first-order chi connectivity index (χ1) is 15.3. The number of rotatable bonds is 13. The Labute approximate surface area is 189 Å². The summed E-state index contributed by atoms with van der Waals surface area (Å²) in [4.78, 5) is 12.0. The Bertz CT molecular complexity index is 711. The topological polar surface area (TPSA) is 38.7 Å². The highest BCUT2D eigenvalue weighted by molar-refractivity contribution is 5.10. The van der Waals surface area contributed by atoms with Gasteiger partial charge in [-0.25, -0.2) is 0 Å². The van der Waals surface area contributed by atoms with E-state index >= 15 is 0 Å². The maximum absolute atomic E-state index is 4.06. The zero-order valence-corrected chi connectivity index (χ0v) is 19.3. The second kappa shape index (κ2) is 17.2. The van der Waals surface area contributed by atoms with Gasteiger partial charge in [-0.05, 0) is 85.7 Å². The van der Waals surface area contributed by atoms with Gasteiger partial charge >= 0.3 is 0 Å². The van der Waals surface area contributed by atoms with Crippen molar-refractivity contribution in [1.82, 2.24) is 15.0 Å². The number of aromatic nitrogens is 3. The van der Waals surface area contributed by atoms with Gasteiger partial charge in [0.15, 0.2) is 0 Å². The van der Waals surface area contributed by atoms with E-state index in [2.05, 4.69) is 39.2 Å². The fraction of sp³-hybridized carbons (Fsp3) is 0.464. The van der Waals surface area contributed by atoms with Gasteiger partial charge in [0.2, 0.25) is 0 Å². The molecular formula is C28H39N3. The van der Waals surface area contributed by atoms with Gasteiger partial charge in [0.1, 0.15) is 0 Å². The Kier molecular flexibility index (Phi) is 13.7. The minimum atomic E-state index is 1.21. The minimum absolute atomic E-state index is 1.21. The quantitative estimate of drug-likeness (QED) is 0.269. The van der Waals surface area contributed by atoms with E-state index in [1.165, 1.54) is 93.7 Å². The van der Waals surface area contributed by atoms with Crippen LogP contribution in [-0.4, -0.2) is 15.0 Å². The van der Waals surface area contributed by atoms with Gasteiger partial charge in [-0.2, -0.15) is 0 Å². The maximum Gasteiger partial charge on any atom is 0.0270 e. The lowest BCUT2D eigenvalue weighted by Gasteiger charge is -2.04. The molecule has 0 saturated heterocycles. The zero-order chi connectivity index (χ0) is 21.8. The van der Waals surface area contributed by atoms with E-state index in [1.54, 1.807) is 12.4 Å². The number of nitrogens with zero attached hydrogens (tertiary/aromatic N) is 3. The number of hydrogen-bond donors (Lipinski definition) is 0. The summed E-state index contributed by atoms with van der Waals surface area (Å²) >= 11 is 0. The molecule has 0 N–H and O–H groups in total. The second-order valence-electron chi connectivity index (χ2n) is 8.27. The van der Waals surface area contributed by atoms with E-state index in [0.29, 0.717) is 0 Å². The molecule has 3 nitrogen and oxygen atoms in total. The summed E-state index contributed by atoms with van der Waals surface area (Å²) in [6.45, 7) is 2.04. The summed E-state index contributed by atoms with van der Waals surface area (Å²) in [5.74, 6) is 0. The maximum atomic E-state index is 4.06. The average Bonchev–Trinajstić information content (AvgIpc) is 2.82. The Morgan fingerprint density at radius 1 is 0.419 bits per heavy atom. The number of unbranched alkanes of at least 4 members (excludes halogenated alkanes) is 9. The molecule has 0 bridgehead atoms. The van der Waals surface area contributed by atoms with Crippen molar-refractivity contribution in [3.8, 4) is 0 Å². The molecule has 3 rings (SSSR count). The second-order valence-corrected chi connectivity index (χ2v) is 8.27. The SMILES string of the molecule is Cc1ccncc1.c1cc(CCCCCCCCCCCCc2ccncc2)ccn1. The first-order valence-corrected chi connectivity index (χ1v) is 12.0. The fourth-order valence-electron chi connectivity index (χ4n) is 3.60. The van der Waals surface area contributed by atoms with Crippen molar-refractivity contribution >= 4 is 0 Å². The predicted octanol–water partition coefficient (Wildman–Crippen LogP) is 7.55. The highest BCUT2D eigenvalue weighted by Gasteiger charge is 1.96. The molecule has 166 valence electrons. The van der Waals surface area contributed by atoms with Crippen LogP contribution in [0.2, 0.25) is 0 Å². The van der Waals surface area contributed by atoms with Gasteiger partial charge < -0.3 is 0 Å². The molecule has 0 amide bonds. The van der Waals surface area contributed by atoms with Crippen molar-refractivity contribution in [2.45, 2.75) is 84.0 Å². The van der Waals surface area contributed by atoms with Gasteiger partial charge in [0.05, 0.1) is 0 Å². The van der Waals surface area contributed by atoms with Crippen LogP contribution in [-0.2, 0) is 12.8 Å². The van der Waals surface area contributed by atoms with E-state index in [4.69, 9.17) is 0 Å². The van der Waals surface area contributed by atoms with Crippen LogP contribution in [0.25, 0.3) is 0 Å². The van der Waals surface area contributed by atoms with Gasteiger partial charge in [-0.1, -0.05) is 51.4 Å². The van der Waals surface area contributed by atoms with Crippen molar-refractivity contribution < 1.29 is 0 Å². The van der Waals surface area contributed by atoms with E-state index in [0.717, 1.165) is 0 Å². The molecular weight excluding hydrogens is 378 g/mol. The molecule has 0 aliphatic heterocycles. The summed E-state index contributed by atoms with van der Waals surface area (Å²) in [6, 6.07) is 12.5. The highest BCUT2D eigenvalue weighted by atomic mass is 14.6. The average molecular weight is 418 g/mol. The van der Waals surface area contributed by atoms with Crippen molar-refractivity contribution in [2.75, 3.05) is 0 Å². The van der Waals surface area contributed by atoms with Crippen LogP contribution in [0, 0.1) is 6.92 Å². The number of hydrogen-bond acceptors (Lipinski definition) is 3. The largest absolute Gasteiger partial charge is 0.265 e. The van der Waals surface area contributed by atoms with E-state index in [-0.39, 0.29) is 0 Å². The van der Waals surface area contributed by atoms with Crippen molar-refractivity contribution in [3.63, 3.8) is 0 Å². The molecule has 3 heteroatoms. The summed E-state index contributed by atoms with van der Waals surface area (Å²) in [7, 11) is 0. The van der Waals surface area contributed by atoms with Crippen LogP contribution in [0.5, 0.6) is 0 Å². The van der Waals surface area contributed by atoms with Crippen LogP contribution in [0.3, 0.4) is 0 Å². The summed E-state index contributed by atoms with van der Waals surface area (Å²) in [6.07, 6.45) is 27.4. The highest BCUT2D eigenvalue weighted by Crippen LogP contribution is 2.13. The summed E-state index contributed by atoms with van der Waals surface area (Å²) in [5, 5.41) is 0.